The topological polar surface area (TPSA) is 68.0 Å². The first kappa shape index (κ1) is 15.3. The summed E-state index contributed by atoms with van der Waals surface area (Å²) >= 11 is 8.91. The van der Waals surface area contributed by atoms with E-state index in [-0.39, 0.29) is 11.7 Å². The Labute approximate surface area is 140 Å². The highest BCUT2D eigenvalue weighted by Gasteiger charge is 2.19. The van der Waals surface area contributed by atoms with Gasteiger partial charge in [0.15, 0.2) is 10.1 Å². The SMILES string of the molecule is CCSc1nnc(NC(=O)c2oc3ccc(Cl)cc3c2C)s1. The van der Waals surface area contributed by atoms with Crippen LogP contribution in [0.25, 0.3) is 11.0 Å². The van der Waals surface area contributed by atoms with Crippen LogP contribution in [0.4, 0.5) is 5.13 Å². The lowest BCUT2D eigenvalue weighted by Gasteiger charge is -1.98. The van der Waals surface area contributed by atoms with Crippen molar-refractivity contribution in [2.24, 2.45) is 0 Å². The smallest absolute Gasteiger partial charge is 0.293 e. The minimum absolute atomic E-state index is 0.261. The molecule has 8 heteroatoms. The van der Waals surface area contributed by atoms with E-state index < -0.39 is 0 Å². The fraction of sp³-hybridized carbons (Fsp3) is 0.214. The van der Waals surface area contributed by atoms with Crippen LogP contribution < -0.4 is 5.32 Å². The van der Waals surface area contributed by atoms with Gasteiger partial charge in [-0.05, 0) is 30.9 Å². The van der Waals surface area contributed by atoms with Gasteiger partial charge in [-0.1, -0.05) is 41.6 Å². The van der Waals surface area contributed by atoms with E-state index in [0.29, 0.717) is 15.7 Å². The van der Waals surface area contributed by atoms with Crippen molar-refractivity contribution in [2.45, 2.75) is 18.2 Å². The number of halogens is 1. The van der Waals surface area contributed by atoms with Crippen LogP contribution in [0.15, 0.2) is 27.0 Å². The normalized spacial score (nSPS) is 11.0. The molecule has 22 heavy (non-hydrogen) atoms. The molecule has 114 valence electrons. The molecule has 2 aromatic heterocycles. The summed E-state index contributed by atoms with van der Waals surface area (Å²) in [6, 6.07) is 5.27. The quantitative estimate of drug-likeness (QED) is 0.548. The third-order valence-electron chi connectivity index (χ3n) is 3.00. The van der Waals surface area contributed by atoms with E-state index in [9.17, 15) is 4.79 Å². The summed E-state index contributed by atoms with van der Waals surface area (Å²) in [6.45, 7) is 3.86. The number of nitrogens with zero attached hydrogens (tertiary/aromatic N) is 2. The molecule has 0 radical (unpaired) electrons. The number of benzene rings is 1. The molecule has 0 aliphatic rings. The molecule has 5 nitrogen and oxygen atoms in total. The molecule has 0 spiro atoms. The van der Waals surface area contributed by atoms with Crippen molar-refractivity contribution in [1.82, 2.24) is 10.2 Å². The highest BCUT2D eigenvalue weighted by Crippen LogP contribution is 2.29. The fourth-order valence-electron chi connectivity index (χ4n) is 2.01. The number of anilines is 1. The van der Waals surface area contributed by atoms with Gasteiger partial charge >= 0.3 is 0 Å². The number of carbonyl (C=O) groups excluding carboxylic acids is 1. The van der Waals surface area contributed by atoms with Crippen molar-refractivity contribution < 1.29 is 9.21 Å². The van der Waals surface area contributed by atoms with E-state index in [1.165, 1.54) is 11.3 Å². The molecule has 1 aromatic carbocycles. The minimum Gasteiger partial charge on any atom is -0.451 e. The van der Waals surface area contributed by atoms with Crippen molar-refractivity contribution in [1.29, 1.82) is 0 Å². The Morgan fingerprint density at radius 2 is 2.27 bits per heavy atom. The van der Waals surface area contributed by atoms with Crippen LogP contribution in [0.2, 0.25) is 5.02 Å². The average Bonchev–Trinajstić information content (AvgIpc) is 3.05. The number of aryl methyl sites for hydroxylation is 1. The van der Waals surface area contributed by atoms with Crippen LogP contribution in [-0.4, -0.2) is 21.9 Å². The zero-order chi connectivity index (χ0) is 15.7. The first-order valence-corrected chi connectivity index (χ1v) is 8.72. The van der Waals surface area contributed by atoms with Gasteiger partial charge in [0.2, 0.25) is 5.13 Å². The van der Waals surface area contributed by atoms with E-state index in [2.05, 4.69) is 15.5 Å². The van der Waals surface area contributed by atoms with E-state index in [1.807, 2.05) is 13.8 Å². The standard InChI is InChI=1S/C14H12ClN3O2S2/c1-3-21-14-18-17-13(22-14)16-12(19)11-7(2)9-6-8(15)4-5-10(9)20-11/h4-6H,3H2,1-2H3,(H,16,17,19). The molecule has 1 amide bonds. The maximum atomic E-state index is 12.4. The average molecular weight is 354 g/mol. The summed E-state index contributed by atoms with van der Waals surface area (Å²) in [6.07, 6.45) is 0. The van der Waals surface area contributed by atoms with Gasteiger partial charge in [-0.15, -0.1) is 10.2 Å². The minimum atomic E-state index is -0.339. The summed E-state index contributed by atoms with van der Waals surface area (Å²) in [4.78, 5) is 12.4. The maximum absolute atomic E-state index is 12.4. The van der Waals surface area contributed by atoms with E-state index in [4.69, 9.17) is 16.0 Å². The van der Waals surface area contributed by atoms with E-state index in [0.717, 1.165) is 21.0 Å². The zero-order valence-electron chi connectivity index (χ0n) is 11.8. The van der Waals surface area contributed by atoms with Gasteiger partial charge in [0.05, 0.1) is 0 Å². The van der Waals surface area contributed by atoms with Crippen molar-refractivity contribution >= 4 is 56.7 Å². The molecule has 0 aliphatic carbocycles. The van der Waals surface area contributed by atoms with Crippen LogP contribution in [0.1, 0.15) is 23.0 Å². The molecule has 0 atom stereocenters. The molecule has 0 bridgehead atoms. The molecule has 3 rings (SSSR count). The number of hydrogen-bond donors (Lipinski definition) is 1. The maximum Gasteiger partial charge on any atom is 0.293 e. The molecular formula is C14H12ClN3O2S2. The Bertz CT molecular complexity index is 844. The Morgan fingerprint density at radius 1 is 1.45 bits per heavy atom. The molecule has 0 fully saturated rings. The lowest BCUT2D eigenvalue weighted by molar-refractivity contribution is 0.0998. The van der Waals surface area contributed by atoms with Crippen molar-refractivity contribution in [3.8, 4) is 0 Å². The molecule has 0 saturated carbocycles. The number of aromatic nitrogens is 2. The second-order valence-electron chi connectivity index (χ2n) is 4.46. The van der Waals surface area contributed by atoms with Gasteiger partial charge in [0, 0.05) is 16.0 Å². The van der Waals surface area contributed by atoms with Gasteiger partial charge in [-0.3, -0.25) is 10.1 Å². The third-order valence-corrected chi connectivity index (χ3v) is 5.09. The summed E-state index contributed by atoms with van der Waals surface area (Å²) < 4.78 is 6.45. The Hall–Kier alpha value is -1.57. The Balaban J connectivity index is 1.86. The van der Waals surface area contributed by atoms with Gasteiger partial charge in [0.1, 0.15) is 5.58 Å². The summed E-state index contributed by atoms with van der Waals surface area (Å²) in [5.74, 6) is 0.831. The molecule has 0 saturated heterocycles. The Morgan fingerprint density at radius 3 is 3.05 bits per heavy atom. The lowest BCUT2D eigenvalue weighted by Crippen LogP contribution is -2.11. The predicted molar refractivity (Wildman–Crippen MR) is 90.2 cm³/mol. The zero-order valence-corrected chi connectivity index (χ0v) is 14.2. The fourth-order valence-corrected chi connectivity index (χ4v) is 3.82. The van der Waals surface area contributed by atoms with Gasteiger partial charge in [-0.2, -0.15) is 0 Å². The van der Waals surface area contributed by atoms with Crippen LogP contribution in [0, 0.1) is 6.92 Å². The summed E-state index contributed by atoms with van der Waals surface area (Å²) in [7, 11) is 0. The van der Waals surface area contributed by atoms with Crippen LogP contribution in [0.5, 0.6) is 0 Å². The number of amides is 1. The van der Waals surface area contributed by atoms with Gasteiger partial charge in [0.25, 0.3) is 5.91 Å². The number of furan rings is 1. The van der Waals surface area contributed by atoms with E-state index in [1.54, 1.807) is 30.0 Å². The first-order valence-electron chi connectivity index (χ1n) is 6.54. The molecule has 1 N–H and O–H groups in total. The highest BCUT2D eigenvalue weighted by molar-refractivity contribution is 8.01. The monoisotopic (exact) mass is 353 g/mol. The van der Waals surface area contributed by atoms with Crippen molar-refractivity contribution in [3.63, 3.8) is 0 Å². The number of nitrogens with one attached hydrogen (secondary N) is 1. The predicted octanol–water partition coefficient (Wildman–Crippen LogP) is 4.61. The third kappa shape index (κ3) is 2.97. The summed E-state index contributed by atoms with van der Waals surface area (Å²) in [5, 5.41) is 12.6. The largest absolute Gasteiger partial charge is 0.451 e. The Kier molecular flexibility index (Phi) is 4.37. The number of rotatable bonds is 4. The highest BCUT2D eigenvalue weighted by atomic mass is 35.5. The van der Waals surface area contributed by atoms with Gasteiger partial charge < -0.3 is 4.42 Å². The van der Waals surface area contributed by atoms with Crippen molar-refractivity contribution in [2.75, 3.05) is 11.1 Å². The molecule has 3 aromatic rings. The first-order chi connectivity index (χ1) is 10.6. The van der Waals surface area contributed by atoms with Crippen LogP contribution >= 0.6 is 34.7 Å². The summed E-state index contributed by atoms with van der Waals surface area (Å²) in [5.41, 5.74) is 1.38. The lowest BCUT2D eigenvalue weighted by atomic mass is 10.1. The second-order valence-corrected chi connectivity index (χ2v) is 7.38. The van der Waals surface area contributed by atoms with E-state index >= 15 is 0 Å². The molecule has 0 aliphatic heterocycles. The van der Waals surface area contributed by atoms with Gasteiger partial charge in [-0.25, -0.2) is 0 Å². The number of carbonyl (C=O) groups is 1. The number of hydrogen-bond acceptors (Lipinski definition) is 6. The number of thioether (sulfide) groups is 1. The van der Waals surface area contributed by atoms with Crippen LogP contribution in [0.3, 0.4) is 0 Å². The number of fused-ring (bicyclic) bond motifs is 1. The molecular weight excluding hydrogens is 342 g/mol. The van der Waals surface area contributed by atoms with Crippen LogP contribution in [-0.2, 0) is 0 Å². The second kappa shape index (κ2) is 6.28. The molecule has 0 unspecified atom stereocenters. The van der Waals surface area contributed by atoms with Crippen molar-refractivity contribution in [3.05, 3.63) is 34.5 Å². The molecule has 2 heterocycles.